The first-order valence-corrected chi connectivity index (χ1v) is 6.99. The second-order valence-electron chi connectivity index (χ2n) is 4.74. The molecule has 0 radical (unpaired) electrons. The molecule has 2 unspecified atom stereocenters. The molecule has 2 nitrogen and oxygen atoms in total. The quantitative estimate of drug-likeness (QED) is 0.465. The largest absolute Gasteiger partial charge is 0.392 e. The zero-order chi connectivity index (χ0) is 13.1. The Morgan fingerprint density at radius 3 is 2.53 bits per heavy atom. The van der Waals surface area contributed by atoms with Gasteiger partial charge in [0.2, 0.25) is 0 Å². The Kier molecular flexibility index (Phi) is 10.1. The Morgan fingerprint density at radius 2 is 1.94 bits per heavy atom. The molecule has 0 saturated heterocycles. The molecule has 0 aliphatic carbocycles. The monoisotopic (exact) mass is 240 g/mol. The SMILES string of the molecule is CC/C=C/CCC(O)C(C)C(=O)CCCCC. The molecule has 17 heavy (non-hydrogen) atoms. The lowest BCUT2D eigenvalue weighted by Gasteiger charge is -2.16. The number of aliphatic hydroxyl groups is 1. The number of unbranched alkanes of at least 4 members (excludes halogenated alkanes) is 2. The van der Waals surface area contributed by atoms with E-state index in [-0.39, 0.29) is 11.7 Å². The molecule has 0 aromatic rings. The maximum absolute atomic E-state index is 11.8. The van der Waals surface area contributed by atoms with Crippen LogP contribution in [0.3, 0.4) is 0 Å². The second-order valence-corrected chi connectivity index (χ2v) is 4.74. The average Bonchev–Trinajstić information content (AvgIpc) is 2.33. The van der Waals surface area contributed by atoms with Crippen LogP contribution in [0, 0.1) is 5.92 Å². The molecule has 0 rings (SSSR count). The maximum atomic E-state index is 11.8. The Balaban J connectivity index is 3.81. The lowest BCUT2D eigenvalue weighted by molar-refractivity contribution is -0.125. The molecule has 0 aromatic heterocycles. The number of ketones is 1. The van der Waals surface area contributed by atoms with Crippen molar-refractivity contribution in [3.63, 3.8) is 0 Å². The zero-order valence-electron chi connectivity index (χ0n) is 11.6. The number of carbonyl (C=O) groups excluding carboxylic acids is 1. The van der Waals surface area contributed by atoms with Crippen molar-refractivity contribution in [2.75, 3.05) is 0 Å². The van der Waals surface area contributed by atoms with Gasteiger partial charge in [0.1, 0.15) is 5.78 Å². The smallest absolute Gasteiger partial charge is 0.138 e. The van der Waals surface area contributed by atoms with Crippen LogP contribution in [0.15, 0.2) is 12.2 Å². The minimum atomic E-state index is -0.481. The number of carbonyl (C=O) groups is 1. The van der Waals surface area contributed by atoms with Gasteiger partial charge in [-0.25, -0.2) is 0 Å². The van der Waals surface area contributed by atoms with Gasteiger partial charge in [-0.15, -0.1) is 0 Å². The van der Waals surface area contributed by atoms with Gasteiger partial charge in [0.05, 0.1) is 6.10 Å². The molecule has 0 bridgehead atoms. The number of allylic oxidation sites excluding steroid dienone is 2. The van der Waals surface area contributed by atoms with Crippen molar-refractivity contribution in [3.05, 3.63) is 12.2 Å². The Morgan fingerprint density at radius 1 is 1.24 bits per heavy atom. The van der Waals surface area contributed by atoms with Crippen LogP contribution in [0.1, 0.15) is 65.7 Å². The van der Waals surface area contributed by atoms with E-state index < -0.39 is 6.10 Å². The lowest BCUT2D eigenvalue weighted by Crippen LogP contribution is -2.25. The first kappa shape index (κ1) is 16.4. The lowest BCUT2D eigenvalue weighted by atomic mass is 9.93. The molecule has 0 heterocycles. The fourth-order valence-corrected chi connectivity index (χ4v) is 1.79. The molecule has 0 fully saturated rings. The van der Waals surface area contributed by atoms with Crippen LogP contribution in [0.4, 0.5) is 0 Å². The summed E-state index contributed by atoms with van der Waals surface area (Å²) in [5, 5.41) is 9.89. The van der Waals surface area contributed by atoms with Crippen molar-refractivity contribution >= 4 is 5.78 Å². The molecule has 2 atom stereocenters. The number of Topliss-reactive ketones (excluding diaryl/α,β-unsaturated/α-hetero) is 1. The van der Waals surface area contributed by atoms with E-state index in [1.807, 2.05) is 6.92 Å². The molecular formula is C15H28O2. The number of hydrogen-bond donors (Lipinski definition) is 1. The minimum absolute atomic E-state index is 0.207. The van der Waals surface area contributed by atoms with Crippen molar-refractivity contribution in [1.82, 2.24) is 0 Å². The normalized spacial score (nSPS) is 15.1. The van der Waals surface area contributed by atoms with E-state index >= 15 is 0 Å². The van der Waals surface area contributed by atoms with Gasteiger partial charge in [0.25, 0.3) is 0 Å². The topological polar surface area (TPSA) is 37.3 Å². The summed E-state index contributed by atoms with van der Waals surface area (Å²) in [6, 6.07) is 0. The molecule has 0 aliphatic rings. The fourth-order valence-electron chi connectivity index (χ4n) is 1.79. The van der Waals surface area contributed by atoms with Crippen molar-refractivity contribution in [2.45, 2.75) is 71.8 Å². The summed E-state index contributed by atoms with van der Waals surface area (Å²) in [6.45, 7) is 6.07. The third-order valence-corrected chi connectivity index (χ3v) is 3.14. The molecule has 1 N–H and O–H groups in total. The minimum Gasteiger partial charge on any atom is -0.392 e. The number of aliphatic hydroxyl groups excluding tert-OH is 1. The van der Waals surface area contributed by atoms with Crippen LogP contribution in [0.5, 0.6) is 0 Å². The summed E-state index contributed by atoms with van der Waals surface area (Å²) in [5.74, 6) is 0.00676. The molecule has 0 aliphatic heterocycles. The third-order valence-electron chi connectivity index (χ3n) is 3.14. The number of rotatable bonds is 10. The Bertz CT molecular complexity index is 221. The summed E-state index contributed by atoms with van der Waals surface area (Å²) in [4.78, 5) is 11.8. The predicted molar refractivity (Wildman–Crippen MR) is 73.0 cm³/mol. The van der Waals surface area contributed by atoms with Crippen LogP contribution in [-0.4, -0.2) is 17.0 Å². The van der Waals surface area contributed by atoms with Crippen LogP contribution < -0.4 is 0 Å². The van der Waals surface area contributed by atoms with Crippen molar-refractivity contribution in [3.8, 4) is 0 Å². The maximum Gasteiger partial charge on any atom is 0.138 e. The van der Waals surface area contributed by atoms with E-state index in [1.54, 1.807) is 0 Å². The van der Waals surface area contributed by atoms with Crippen LogP contribution >= 0.6 is 0 Å². The van der Waals surface area contributed by atoms with Crippen LogP contribution in [0.2, 0.25) is 0 Å². The summed E-state index contributed by atoms with van der Waals surface area (Å²) in [7, 11) is 0. The van der Waals surface area contributed by atoms with E-state index in [0.29, 0.717) is 12.8 Å². The van der Waals surface area contributed by atoms with E-state index in [4.69, 9.17) is 0 Å². The molecular weight excluding hydrogens is 212 g/mol. The van der Waals surface area contributed by atoms with Crippen molar-refractivity contribution in [1.29, 1.82) is 0 Å². The number of hydrogen-bond acceptors (Lipinski definition) is 2. The highest BCUT2D eigenvalue weighted by Gasteiger charge is 2.20. The third kappa shape index (κ3) is 8.14. The first-order chi connectivity index (χ1) is 8.13. The van der Waals surface area contributed by atoms with Crippen LogP contribution in [0.25, 0.3) is 0 Å². The van der Waals surface area contributed by atoms with Gasteiger partial charge in [-0.2, -0.15) is 0 Å². The molecule has 2 heteroatoms. The van der Waals surface area contributed by atoms with Gasteiger partial charge in [-0.1, -0.05) is 45.8 Å². The fraction of sp³-hybridized carbons (Fsp3) is 0.800. The van der Waals surface area contributed by atoms with Crippen LogP contribution in [-0.2, 0) is 4.79 Å². The Labute approximate surface area is 106 Å². The second kappa shape index (κ2) is 10.5. The summed E-state index contributed by atoms with van der Waals surface area (Å²) >= 11 is 0. The van der Waals surface area contributed by atoms with Crippen molar-refractivity contribution < 1.29 is 9.90 Å². The highest BCUT2D eigenvalue weighted by atomic mass is 16.3. The summed E-state index contributed by atoms with van der Waals surface area (Å²) < 4.78 is 0. The van der Waals surface area contributed by atoms with E-state index in [1.165, 1.54) is 0 Å². The highest BCUT2D eigenvalue weighted by Crippen LogP contribution is 2.14. The summed E-state index contributed by atoms with van der Waals surface area (Å²) in [5.41, 5.74) is 0. The Hall–Kier alpha value is -0.630. The standard InChI is InChI=1S/C15H28O2/c1-4-6-8-10-12-15(17)13(3)14(16)11-9-7-5-2/h6,8,13,15,17H,4-5,7,9-12H2,1-3H3/b8-6+. The molecule has 0 saturated carbocycles. The molecule has 0 aromatic carbocycles. The zero-order valence-corrected chi connectivity index (χ0v) is 11.6. The van der Waals surface area contributed by atoms with Gasteiger partial charge in [0, 0.05) is 12.3 Å². The molecule has 0 spiro atoms. The van der Waals surface area contributed by atoms with Crippen molar-refractivity contribution in [2.24, 2.45) is 5.92 Å². The van der Waals surface area contributed by atoms with Gasteiger partial charge in [-0.05, 0) is 25.7 Å². The van der Waals surface area contributed by atoms with Gasteiger partial charge in [0.15, 0.2) is 0 Å². The first-order valence-electron chi connectivity index (χ1n) is 6.99. The molecule has 100 valence electrons. The van der Waals surface area contributed by atoms with Gasteiger partial charge in [-0.3, -0.25) is 4.79 Å². The van der Waals surface area contributed by atoms with E-state index in [2.05, 4.69) is 26.0 Å². The van der Waals surface area contributed by atoms with Gasteiger partial charge >= 0.3 is 0 Å². The van der Waals surface area contributed by atoms with E-state index in [0.717, 1.165) is 32.1 Å². The van der Waals surface area contributed by atoms with E-state index in [9.17, 15) is 9.90 Å². The predicted octanol–water partition coefficient (Wildman–Crippen LogP) is 3.88. The summed E-state index contributed by atoms with van der Waals surface area (Å²) in [6.07, 6.45) is 10.1. The highest BCUT2D eigenvalue weighted by molar-refractivity contribution is 5.81. The average molecular weight is 240 g/mol. The van der Waals surface area contributed by atoms with Gasteiger partial charge < -0.3 is 5.11 Å². The molecule has 0 amide bonds.